The molecule has 0 saturated carbocycles. The summed E-state index contributed by atoms with van der Waals surface area (Å²) in [6, 6.07) is 0. The lowest BCUT2D eigenvalue weighted by Gasteiger charge is -2.49. The van der Waals surface area contributed by atoms with Crippen LogP contribution < -0.4 is 0 Å². The van der Waals surface area contributed by atoms with E-state index in [2.05, 4.69) is 90.0 Å². The monoisotopic (exact) mass is 1100 g/mol. The van der Waals surface area contributed by atoms with Crippen molar-refractivity contribution in [2.24, 2.45) is 45.8 Å². The molecule has 0 aromatic carbocycles. The number of nitrogens with zero attached hydrogens (tertiary/aromatic N) is 2. The number of allylic oxidation sites excluding steroid dienone is 8. The van der Waals surface area contributed by atoms with Gasteiger partial charge < -0.3 is 58.5 Å². The van der Waals surface area contributed by atoms with E-state index >= 15 is 0 Å². The fourth-order valence-corrected chi connectivity index (χ4v) is 14.1. The molecule has 18 atom stereocenters. The van der Waals surface area contributed by atoms with E-state index in [0.29, 0.717) is 66.2 Å². The van der Waals surface area contributed by atoms with Gasteiger partial charge in [-0.3, -0.25) is 9.59 Å². The van der Waals surface area contributed by atoms with Gasteiger partial charge in [0.1, 0.15) is 58.9 Å². The first kappa shape index (κ1) is 59.1. The van der Waals surface area contributed by atoms with Crippen molar-refractivity contribution in [1.29, 1.82) is 0 Å². The van der Waals surface area contributed by atoms with E-state index in [9.17, 15) is 30.2 Å². The van der Waals surface area contributed by atoms with Gasteiger partial charge in [-0.2, -0.15) is 0 Å². The van der Waals surface area contributed by atoms with E-state index in [1.807, 2.05) is 24.3 Å². The molecule has 16 heteroatoms. The van der Waals surface area contributed by atoms with Crippen molar-refractivity contribution < 1.29 is 68.1 Å². The van der Waals surface area contributed by atoms with Gasteiger partial charge in [-0.05, 0) is 126 Å². The van der Waals surface area contributed by atoms with Gasteiger partial charge in [0, 0.05) is 38.5 Å². The highest BCUT2D eigenvalue weighted by atomic mass is 16.7. The van der Waals surface area contributed by atoms with Crippen molar-refractivity contribution in [2.75, 3.05) is 13.2 Å². The van der Waals surface area contributed by atoms with E-state index in [1.54, 1.807) is 26.0 Å². The number of carbonyl (C=O) groups is 2. The minimum absolute atomic E-state index is 0.0431. The minimum atomic E-state index is -1.72. The van der Waals surface area contributed by atoms with Crippen molar-refractivity contribution in [3.05, 3.63) is 94.2 Å². The molecule has 2 spiro atoms. The molecule has 79 heavy (non-hydrogen) atoms. The third kappa shape index (κ3) is 12.2. The summed E-state index contributed by atoms with van der Waals surface area (Å²) in [5.74, 6) is -3.22. The number of oxime groups is 2. The fourth-order valence-electron chi connectivity index (χ4n) is 14.1. The SMILES string of the molecule is CC1=CCC2CC(CC3(CCC(C)C(C)O3)O2)OC(=O)C2C=C(C)C(=NO)C3OCC(=CC=CC(C)C1)C23O.CCC1OC2(CCC1C)CC1CC(CC=C(C)CC(C)C=CC=C3COC4C(=NO)C(C)=CC(C(=O)O1)C34O)O2. The van der Waals surface area contributed by atoms with Crippen molar-refractivity contribution >= 4 is 23.4 Å². The van der Waals surface area contributed by atoms with Crippen LogP contribution in [0.4, 0.5) is 0 Å². The van der Waals surface area contributed by atoms with Gasteiger partial charge in [0.2, 0.25) is 0 Å². The molecule has 0 aromatic heterocycles. The molecule has 18 unspecified atom stereocenters. The summed E-state index contributed by atoms with van der Waals surface area (Å²) in [5, 5.41) is 50.5. The Balaban J connectivity index is 0.000000192. The number of rotatable bonds is 1. The number of hydrogen-bond acceptors (Lipinski definition) is 16. The molecule has 0 aromatic rings. The highest BCUT2D eigenvalue weighted by Gasteiger charge is 2.61. The summed E-state index contributed by atoms with van der Waals surface area (Å²) >= 11 is 0. The molecule has 4 N–H and O–H groups in total. The lowest BCUT2D eigenvalue weighted by atomic mass is 9.71. The standard InChI is InChI=1S/C32H45NO7.C31H43NO7/c1-6-27-21(4)12-13-31(40-27)17-25-16-24(39-31)11-10-20(3)14-19(2)8-7-9-23-18-37-29-28(33-36)22(5)15-26(30(34)38-25)32(23,29)35;1-18-7-6-8-23-17-36-28-27(32-35)21(4)14-26(31(23,28)34)29(33)37-25-15-24(10-9-19(2)13-18)39-30(16-25)12-11-20(3)22(5)38-30/h7-10,15,19,21,24-27,29,35-36H,6,11-14,16-18H2,1-5H3;6-9,14,18,20,22,24-26,28,34-35H,10-13,15-17H2,1-5H3. The topological polar surface area (TPSA) is 214 Å². The normalized spacial score (nSPS) is 43.9. The number of carbonyl (C=O) groups excluding carboxylic acids is 2. The second-order valence-corrected chi connectivity index (χ2v) is 25.0. The van der Waals surface area contributed by atoms with Crippen molar-refractivity contribution in [1.82, 2.24) is 0 Å². The third-order valence-electron chi connectivity index (χ3n) is 18.7. The second kappa shape index (κ2) is 24.1. The first-order valence-electron chi connectivity index (χ1n) is 29.3. The number of fused-ring (bicyclic) bond motifs is 4. The smallest absolute Gasteiger partial charge is 0.316 e. The van der Waals surface area contributed by atoms with Gasteiger partial charge in [0.15, 0.2) is 11.6 Å². The lowest BCUT2D eigenvalue weighted by molar-refractivity contribution is -0.335. The molecular formula is C63H88N2O14. The van der Waals surface area contributed by atoms with E-state index in [1.165, 1.54) is 11.1 Å². The first-order valence-corrected chi connectivity index (χ1v) is 29.3. The zero-order valence-corrected chi connectivity index (χ0v) is 48.2. The minimum Gasteiger partial charge on any atom is -0.462 e. The van der Waals surface area contributed by atoms with Gasteiger partial charge in [-0.1, -0.05) is 117 Å². The Hall–Kier alpha value is -4.52. The second-order valence-electron chi connectivity index (χ2n) is 25.0. The summed E-state index contributed by atoms with van der Waals surface area (Å²) in [7, 11) is 0. The molecule has 6 fully saturated rings. The fraction of sp³-hybridized carbons (Fsp3) is 0.683. The summed E-state index contributed by atoms with van der Waals surface area (Å²) in [4.78, 5) is 27.8. The highest BCUT2D eigenvalue weighted by molar-refractivity contribution is 6.07. The van der Waals surface area contributed by atoms with E-state index in [-0.39, 0.29) is 60.9 Å². The molecular weight excluding hydrogens is 1010 g/mol. The summed E-state index contributed by atoms with van der Waals surface area (Å²) in [6.07, 6.45) is 26.1. The Kier molecular flexibility index (Phi) is 18.1. The average Bonchev–Trinajstić information content (AvgIpc) is 4.00. The largest absolute Gasteiger partial charge is 0.462 e. The Morgan fingerprint density at radius 3 is 1.48 bits per heavy atom. The van der Waals surface area contributed by atoms with Crippen molar-refractivity contribution in [2.45, 2.75) is 224 Å². The van der Waals surface area contributed by atoms with E-state index in [4.69, 9.17) is 37.9 Å². The quantitative estimate of drug-likeness (QED) is 0.0833. The van der Waals surface area contributed by atoms with Gasteiger partial charge in [-0.15, -0.1) is 0 Å². The van der Waals surface area contributed by atoms with Crippen LogP contribution in [0.25, 0.3) is 0 Å². The Bertz CT molecular complexity index is 2610. The van der Waals surface area contributed by atoms with Gasteiger partial charge in [0.05, 0.1) is 37.6 Å². The van der Waals surface area contributed by atoms with Crippen LogP contribution in [0, 0.1) is 35.5 Å². The summed E-state index contributed by atoms with van der Waals surface area (Å²) in [5.41, 5.74) is 1.84. The first-order chi connectivity index (χ1) is 37.6. The van der Waals surface area contributed by atoms with Crippen molar-refractivity contribution in [3.8, 4) is 0 Å². The Morgan fingerprint density at radius 2 is 1.05 bits per heavy atom. The molecule has 10 aliphatic rings. The number of hydrogen-bond donors (Lipinski definition) is 4. The molecule has 8 aliphatic heterocycles. The molecule has 4 bridgehead atoms. The maximum absolute atomic E-state index is 13.9. The summed E-state index contributed by atoms with van der Waals surface area (Å²) in [6.45, 7) is 21.0. The predicted octanol–water partition coefficient (Wildman–Crippen LogP) is 10.4. The van der Waals surface area contributed by atoms with Crippen LogP contribution in [0.5, 0.6) is 0 Å². The molecule has 10 rings (SSSR count). The molecule has 6 saturated heterocycles. The lowest BCUT2D eigenvalue weighted by Crippen LogP contribution is -2.57. The van der Waals surface area contributed by atoms with E-state index < -0.39 is 71.0 Å². The molecule has 0 amide bonds. The predicted molar refractivity (Wildman–Crippen MR) is 297 cm³/mol. The van der Waals surface area contributed by atoms with Crippen molar-refractivity contribution in [3.63, 3.8) is 0 Å². The van der Waals surface area contributed by atoms with Crippen LogP contribution in [-0.2, 0) is 47.5 Å². The summed E-state index contributed by atoms with van der Waals surface area (Å²) < 4.78 is 50.8. The Morgan fingerprint density at radius 1 is 0.608 bits per heavy atom. The molecule has 16 nitrogen and oxygen atoms in total. The Labute approximate surface area is 467 Å². The van der Waals surface area contributed by atoms with Gasteiger partial charge in [-0.25, -0.2) is 0 Å². The zero-order valence-electron chi connectivity index (χ0n) is 48.2. The van der Waals surface area contributed by atoms with Crippen LogP contribution in [0.3, 0.4) is 0 Å². The molecule has 2 aliphatic carbocycles. The maximum Gasteiger partial charge on any atom is 0.316 e. The van der Waals surface area contributed by atoms with Crippen LogP contribution >= 0.6 is 0 Å². The number of aliphatic hydroxyl groups is 2. The zero-order chi connectivity index (χ0) is 56.6. The van der Waals surface area contributed by atoms with Crippen LogP contribution in [0.1, 0.15) is 153 Å². The van der Waals surface area contributed by atoms with Gasteiger partial charge in [0.25, 0.3) is 0 Å². The molecule has 0 radical (unpaired) electrons. The average molecular weight is 1100 g/mol. The van der Waals surface area contributed by atoms with Gasteiger partial charge >= 0.3 is 11.9 Å². The highest BCUT2D eigenvalue weighted by Crippen LogP contribution is 2.49. The third-order valence-corrected chi connectivity index (χ3v) is 18.7. The number of ether oxygens (including phenoxy) is 8. The maximum atomic E-state index is 13.9. The van der Waals surface area contributed by atoms with E-state index in [0.717, 1.165) is 51.4 Å². The van der Waals surface area contributed by atoms with Crippen LogP contribution in [-0.4, -0.2) is 129 Å². The van der Waals surface area contributed by atoms with Crippen LogP contribution in [0.2, 0.25) is 0 Å². The molecule has 434 valence electrons. The van der Waals surface area contributed by atoms with Crippen LogP contribution in [0.15, 0.2) is 105 Å². The molecule has 8 heterocycles. The number of esters is 2.